The van der Waals surface area contributed by atoms with Gasteiger partial charge in [-0.05, 0) is 30.9 Å². The molecule has 58 valence electrons. The molecule has 1 aliphatic carbocycles. The van der Waals surface area contributed by atoms with Gasteiger partial charge in [-0.2, -0.15) is 0 Å². The minimum Gasteiger partial charge on any atom is -0.429 e. The van der Waals surface area contributed by atoms with Crippen LogP contribution in [0.4, 0.5) is 5.82 Å². The molecule has 1 aromatic rings. The van der Waals surface area contributed by atoms with Gasteiger partial charge in [-0.25, -0.2) is 4.98 Å². The molecule has 2 N–H and O–H groups in total. The van der Waals surface area contributed by atoms with E-state index in [2.05, 4.69) is 18.1 Å². The number of pyridine rings is 1. The van der Waals surface area contributed by atoms with Crippen LogP contribution in [0, 0.1) is 7.05 Å². The van der Waals surface area contributed by atoms with Gasteiger partial charge in [0.25, 0.3) is 0 Å². The molecule has 0 saturated carbocycles. The first-order valence-corrected chi connectivity index (χ1v) is 4.01. The monoisotopic (exact) mass is 148 g/mol. The van der Waals surface area contributed by atoms with Crippen LogP contribution in [0.25, 0.3) is 0 Å². The Balaban J connectivity index is 2.41. The Kier molecular flexibility index (Phi) is 1.62. The Morgan fingerprint density at radius 1 is 1.36 bits per heavy atom. The minimum atomic E-state index is 1.01. The van der Waals surface area contributed by atoms with Gasteiger partial charge in [0.15, 0.2) is 5.82 Å². The van der Waals surface area contributed by atoms with Gasteiger partial charge in [-0.3, -0.25) is 0 Å². The van der Waals surface area contributed by atoms with Gasteiger partial charge in [-0.15, -0.1) is 7.05 Å². The highest BCUT2D eigenvalue weighted by atomic mass is 15.0. The molecular formula is C9H12N2. The lowest BCUT2D eigenvalue weighted by Gasteiger charge is -2.00. The van der Waals surface area contributed by atoms with Crippen molar-refractivity contribution in [1.82, 2.24) is 4.98 Å². The van der Waals surface area contributed by atoms with Crippen molar-refractivity contribution in [2.75, 3.05) is 0 Å². The zero-order valence-electron chi connectivity index (χ0n) is 6.51. The minimum absolute atomic E-state index is 1.01. The molecule has 0 amide bonds. The van der Waals surface area contributed by atoms with E-state index >= 15 is 0 Å². The number of nitrogens with zero attached hydrogens (tertiary/aromatic N) is 1. The normalized spacial score (nSPS) is 15.0. The summed E-state index contributed by atoms with van der Waals surface area (Å²) in [4.78, 5) is 4.45. The smallest absolute Gasteiger partial charge is 0.197 e. The number of hydrogen-bond acceptors (Lipinski definition) is 1. The van der Waals surface area contributed by atoms with E-state index in [-0.39, 0.29) is 0 Å². The van der Waals surface area contributed by atoms with E-state index in [1.54, 1.807) is 5.32 Å². The predicted molar refractivity (Wildman–Crippen MR) is 43.2 cm³/mol. The van der Waals surface area contributed by atoms with E-state index in [1.807, 2.05) is 6.07 Å². The maximum Gasteiger partial charge on any atom is 0.197 e. The molecule has 2 rings (SSSR count). The fourth-order valence-electron chi connectivity index (χ4n) is 1.55. The second-order valence-corrected chi connectivity index (χ2v) is 2.90. The molecule has 0 saturated heterocycles. The lowest BCUT2D eigenvalue weighted by atomic mass is 10.2. The molecule has 11 heavy (non-hydrogen) atoms. The van der Waals surface area contributed by atoms with Crippen LogP contribution in [-0.2, 0) is 12.8 Å². The Hall–Kier alpha value is -0.890. The first-order valence-electron chi connectivity index (χ1n) is 4.01. The van der Waals surface area contributed by atoms with Crippen LogP contribution in [-0.4, -0.2) is 4.98 Å². The van der Waals surface area contributed by atoms with Crippen molar-refractivity contribution in [3.63, 3.8) is 0 Å². The molecule has 1 aliphatic rings. The molecule has 1 aromatic heterocycles. The van der Waals surface area contributed by atoms with Crippen molar-refractivity contribution in [3.8, 4) is 0 Å². The number of fused-ring (bicyclic) bond motifs is 1. The summed E-state index contributed by atoms with van der Waals surface area (Å²) in [6, 6.07) is 4.21. The second-order valence-electron chi connectivity index (χ2n) is 2.90. The van der Waals surface area contributed by atoms with Crippen LogP contribution < -0.4 is 5.32 Å². The quantitative estimate of drug-likeness (QED) is 0.579. The van der Waals surface area contributed by atoms with Crippen molar-refractivity contribution >= 4 is 5.82 Å². The van der Waals surface area contributed by atoms with Crippen molar-refractivity contribution in [2.24, 2.45) is 0 Å². The molecule has 1 heterocycles. The highest BCUT2D eigenvalue weighted by Crippen LogP contribution is 2.19. The number of nitrogens with two attached hydrogens (primary N) is 1. The summed E-state index contributed by atoms with van der Waals surface area (Å²) in [6.07, 6.45) is 3.62. The maximum absolute atomic E-state index is 4.45. The number of hydrogen-bond donors (Lipinski definition) is 1. The Bertz CT molecular complexity index is 268. The van der Waals surface area contributed by atoms with Crippen LogP contribution in [0.1, 0.15) is 17.7 Å². The highest BCUT2D eigenvalue weighted by Gasteiger charge is 2.12. The van der Waals surface area contributed by atoms with Gasteiger partial charge in [0.2, 0.25) is 0 Å². The fourth-order valence-corrected chi connectivity index (χ4v) is 1.55. The van der Waals surface area contributed by atoms with E-state index in [1.165, 1.54) is 24.1 Å². The Morgan fingerprint density at radius 2 is 2.27 bits per heavy atom. The van der Waals surface area contributed by atoms with Gasteiger partial charge in [0, 0.05) is 11.8 Å². The zero-order valence-corrected chi connectivity index (χ0v) is 6.51. The van der Waals surface area contributed by atoms with Crippen molar-refractivity contribution in [1.29, 1.82) is 0 Å². The molecular weight excluding hydrogens is 136 g/mol. The van der Waals surface area contributed by atoms with Crippen LogP contribution in [0.15, 0.2) is 12.1 Å². The van der Waals surface area contributed by atoms with Gasteiger partial charge in [0.05, 0.1) is 0 Å². The zero-order chi connectivity index (χ0) is 7.68. The summed E-state index contributed by atoms with van der Waals surface area (Å²) in [5.41, 5.74) is 2.71. The molecule has 0 unspecified atom stereocenters. The summed E-state index contributed by atoms with van der Waals surface area (Å²) in [5, 5.41) is 1.80. The maximum atomic E-state index is 4.45. The van der Waals surface area contributed by atoms with Gasteiger partial charge in [-0.1, -0.05) is 0 Å². The fraction of sp³-hybridized carbons (Fsp3) is 0.333. The van der Waals surface area contributed by atoms with Gasteiger partial charge in [0.1, 0.15) is 0 Å². The van der Waals surface area contributed by atoms with Crippen molar-refractivity contribution < 1.29 is 5.32 Å². The van der Waals surface area contributed by atoms with Crippen molar-refractivity contribution in [3.05, 3.63) is 30.4 Å². The molecule has 0 fully saturated rings. The lowest BCUT2D eigenvalue weighted by Crippen LogP contribution is -2.70. The molecule has 0 bridgehead atoms. The number of rotatable bonds is 1. The Labute approximate surface area is 66.7 Å². The standard InChI is InChI=1S/C9H12N2/c1-10-9-6-5-7-3-2-4-8(7)11-9/h5-6H,1-4,10H2. The molecule has 0 atom stereocenters. The Morgan fingerprint density at radius 3 is 3.09 bits per heavy atom. The van der Waals surface area contributed by atoms with Crippen LogP contribution >= 0.6 is 0 Å². The van der Waals surface area contributed by atoms with E-state index in [0.29, 0.717) is 0 Å². The molecule has 0 aliphatic heterocycles. The van der Waals surface area contributed by atoms with Crippen LogP contribution in [0.3, 0.4) is 0 Å². The summed E-state index contributed by atoms with van der Waals surface area (Å²) in [6.45, 7) is 0. The first-order chi connectivity index (χ1) is 5.40. The van der Waals surface area contributed by atoms with E-state index in [4.69, 9.17) is 0 Å². The van der Waals surface area contributed by atoms with E-state index < -0.39 is 0 Å². The average molecular weight is 148 g/mol. The summed E-state index contributed by atoms with van der Waals surface area (Å²) < 4.78 is 0. The number of aryl methyl sites for hydroxylation is 2. The molecule has 0 spiro atoms. The van der Waals surface area contributed by atoms with Crippen molar-refractivity contribution in [2.45, 2.75) is 19.3 Å². The van der Waals surface area contributed by atoms with E-state index in [9.17, 15) is 0 Å². The number of quaternary nitrogens is 1. The van der Waals surface area contributed by atoms with Crippen LogP contribution in [0.2, 0.25) is 0 Å². The lowest BCUT2D eigenvalue weighted by molar-refractivity contribution is -0.508. The van der Waals surface area contributed by atoms with E-state index in [0.717, 1.165) is 12.2 Å². The third-order valence-electron chi connectivity index (χ3n) is 2.16. The number of aromatic nitrogens is 1. The van der Waals surface area contributed by atoms with Crippen LogP contribution in [0.5, 0.6) is 0 Å². The topological polar surface area (TPSA) is 29.5 Å². The molecule has 2 nitrogen and oxygen atoms in total. The average Bonchev–Trinajstić information content (AvgIpc) is 2.50. The van der Waals surface area contributed by atoms with Gasteiger partial charge >= 0.3 is 0 Å². The molecule has 2 heteroatoms. The largest absolute Gasteiger partial charge is 0.429 e. The second kappa shape index (κ2) is 2.62. The third-order valence-corrected chi connectivity index (χ3v) is 2.16. The highest BCUT2D eigenvalue weighted by molar-refractivity contribution is 5.31. The molecule has 0 aromatic carbocycles. The summed E-state index contributed by atoms with van der Waals surface area (Å²) in [7, 11) is 3.69. The predicted octanol–water partition coefficient (Wildman–Crippen LogP) is 0.557. The summed E-state index contributed by atoms with van der Waals surface area (Å²) in [5.74, 6) is 1.01. The van der Waals surface area contributed by atoms with Gasteiger partial charge < -0.3 is 5.32 Å². The SMILES string of the molecule is [CH2-][NH2+]c1ccc2c(n1)CCC2. The third kappa shape index (κ3) is 1.14. The summed E-state index contributed by atoms with van der Waals surface area (Å²) >= 11 is 0. The first kappa shape index (κ1) is 6.80. The molecule has 0 radical (unpaired) electrons.